The largest absolute Gasteiger partial charge is 0.497 e. The number of methoxy groups -OCH3 is 1. The van der Waals surface area contributed by atoms with Gasteiger partial charge in [0.1, 0.15) is 11.3 Å². The Hall–Kier alpha value is -2.20. The summed E-state index contributed by atoms with van der Waals surface area (Å²) in [5.41, 5.74) is 2.08. The van der Waals surface area contributed by atoms with E-state index in [0.29, 0.717) is 21.9 Å². The highest BCUT2D eigenvalue weighted by atomic mass is 35.5. The van der Waals surface area contributed by atoms with Gasteiger partial charge < -0.3 is 9.94 Å². The topological polar surface area (TPSA) is 47.3 Å². The number of imidazole rings is 1. The quantitative estimate of drug-likeness (QED) is 0.726. The lowest BCUT2D eigenvalue weighted by molar-refractivity contribution is 0.203. The predicted octanol–water partition coefficient (Wildman–Crippen LogP) is 3.60. The summed E-state index contributed by atoms with van der Waals surface area (Å²) < 4.78 is 6.15. The lowest BCUT2D eigenvalue weighted by Crippen LogP contribution is -1.94. The van der Waals surface area contributed by atoms with E-state index in [4.69, 9.17) is 16.3 Å². The molecule has 0 bridgehead atoms. The van der Waals surface area contributed by atoms with Crippen molar-refractivity contribution in [3.8, 4) is 17.1 Å². The van der Waals surface area contributed by atoms with E-state index in [-0.39, 0.29) is 0 Å². The Bertz CT molecular complexity index is 735. The van der Waals surface area contributed by atoms with Crippen LogP contribution in [-0.4, -0.2) is 22.0 Å². The summed E-state index contributed by atoms with van der Waals surface area (Å²) in [4.78, 5) is 4.39. The highest BCUT2D eigenvalue weighted by Crippen LogP contribution is 2.26. The first-order chi connectivity index (χ1) is 9.19. The number of fused-ring (bicyclic) bond motifs is 1. The van der Waals surface area contributed by atoms with Crippen LogP contribution in [-0.2, 0) is 0 Å². The van der Waals surface area contributed by atoms with Crippen LogP contribution in [0.4, 0.5) is 0 Å². The molecule has 1 N–H and O–H groups in total. The minimum Gasteiger partial charge on any atom is -0.497 e. The first-order valence-electron chi connectivity index (χ1n) is 5.71. The molecule has 1 heterocycles. The van der Waals surface area contributed by atoms with E-state index < -0.39 is 0 Å². The molecule has 0 aliphatic carbocycles. The fourth-order valence-corrected chi connectivity index (χ4v) is 2.13. The van der Waals surface area contributed by atoms with Gasteiger partial charge in [-0.25, -0.2) is 4.98 Å². The molecule has 3 rings (SSSR count). The fourth-order valence-electron chi connectivity index (χ4n) is 1.96. The van der Waals surface area contributed by atoms with Gasteiger partial charge in [0.15, 0.2) is 5.82 Å². The maximum atomic E-state index is 10.2. The fraction of sp³-hybridized carbons (Fsp3) is 0.0714. The second-order valence-electron chi connectivity index (χ2n) is 4.11. The molecular formula is C14H11ClN2O2. The maximum Gasteiger partial charge on any atom is 0.176 e. The zero-order valence-corrected chi connectivity index (χ0v) is 10.9. The molecule has 19 heavy (non-hydrogen) atoms. The van der Waals surface area contributed by atoms with E-state index in [1.165, 1.54) is 0 Å². The first-order valence-corrected chi connectivity index (χ1v) is 6.08. The number of rotatable bonds is 2. The number of hydrogen-bond acceptors (Lipinski definition) is 3. The molecular weight excluding hydrogens is 264 g/mol. The van der Waals surface area contributed by atoms with Crippen LogP contribution >= 0.6 is 11.6 Å². The lowest BCUT2D eigenvalue weighted by Gasteiger charge is -2.03. The van der Waals surface area contributed by atoms with Crippen molar-refractivity contribution in [3.63, 3.8) is 0 Å². The highest BCUT2D eigenvalue weighted by molar-refractivity contribution is 6.31. The number of hydrogen-bond donors (Lipinski definition) is 1. The van der Waals surface area contributed by atoms with Crippen LogP contribution in [0.15, 0.2) is 42.5 Å². The molecule has 0 atom stereocenters. The second-order valence-corrected chi connectivity index (χ2v) is 4.55. The van der Waals surface area contributed by atoms with Crippen molar-refractivity contribution in [1.82, 2.24) is 9.71 Å². The van der Waals surface area contributed by atoms with Gasteiger partial charge in [0.05, 0.1) is 12.6 Å². The molecule has 0 unspecified atom stereocenters. The molecule has 0 aliphatic rings. The van der Waals surface area contributed by atoms with Crippen LogP contribution in [0.1, 0.15) is 0 Å². The highest BCUT2D eigenvalue weighted by Gasteiger charge is 2.12. The van der Waals surface area contributed by atoms with Gasteiger partial charge in [-0.1, -0.05) is 11.6 Å². The van der Waals surface area contributed by atoms with Gasteiger partial charge >= 0.3 is 0 Å². The van der Waals surface area contributed by atoms with Gasteiger partial charge in [0.2, 0.25) is 0 Å². The summed E-state index contributed by atoms with van der Waals surface area (Å²) in [6, 6.07) is 12.5. The number of aromatic nitrogens is 2. The van der Waals surface area contributed by atoms with Gasteiger partial charge in [0.25, 0.3) is 0 Å². The Morgan fingerprint density at radius 3 is 2.58 bits per heavy atom. The molecule has 5 heteroatoms. The van der Waals surface area contributed by atoms with Crippen LogP contribution in [0.5, 0.6) is 5.75 Å². The number of halogens is 1. The van der Waals surface area contributed by atoms with Crippen molar-refractivity contribution >= 4 is 22.6 Å². The molecule has 0 fully saturated rings. The monoisotopic (exact) mass is 274 g/mol. The van der Waals surface area contributed by atoms with Crippen LogP contribution in [0.2, 0.25) is 5.02 Å². The van der Waals surface area contributed by atoms with Gasteiger partial charge in [0, 0.05) is 10.6 Å². The van der Waals surface area contributed by atoms with E-state index in [9.17, 15) is 5.21 Å². The molecule has 0 saturated carbocycles. The van der Waals surface area contributed by atoms with Crippen molar-refractivity contribution < 1.29 is 9.94 Å². The van der Waals surface area contributed by atoms with Crippen molar-refractivity contribution in [2.45, 2.75) is 0 Å². The van der Waals surface area contributed by atoms with Gasteiger partial charge in [-0.3, -0.25) is 0 Å². The predicted molar refractivity (Wildman–Crippen MR) is 73.9 cm³/mol. The average molecular weight is 275 g/mol. The minimum absolute atomic E-state index is 0.472. The molecule has 2 aromatic carbocycles. The Kier molecular flexibility index (Phi) is 2.80. The zero-order valence-electron chi connectivity index (χ0n) is 10.2. The number of nitrogens with zero attached hydrogens (tertiary/aromatic N) is 2. The first kappa shape index (κ1) is 11.9. The Morgan fingerprint density at radius 1 is 1.16 bits per heavy atom. The molecule has 0 amide bonds. The molecule has 0 spiro atoms. The second kappa shape index (κ2) is 4.48. The minimum atomic E-state index is 0.472. The summed E-state index contributed by atoms with van der Waals surface area (Å²) >= 11 is 5.92. The Balaban J connectivity index is 2.16. The lowest BCUT2D eigenvalue weighted by atomic mass is 10.2. The van der Waals surface area contributed by atoms with Crippen molar-refractivity contribution in [1.29, 1.82) is 0 Å². The third kappa shape index (κ3) is 2.00. The summed E-state index contributed by atoms with van der Waals surface area (Å²) in [5.74, 6) is 1.23. The average Bonchev–Trinajstić information content (AvgIpc) is 2.76. The summed E-state index contributed by atoms with van der Waals surface area (Å²) in [6.07, 6.45) is 0. The molecule has 1 aromatic heterocycles. The molecule has 96 valence electrons. The summed E-state index contributed by atoms with van der Waals surface area (Å²) in [7, 11) is 1.61. The molecule has 0 saturated heterocycles. The zero-order chi connectivity index (χ0) is 13.4. The van der Waals surface area contributed by atoms with E-state index in [1.54, 1.807) is 25.3 Å². The third-order valence-electron chi connectivity index (χ3n) is 2.94. The van der Waals surface area contributed by atoms with Crippen molar-refractivity contribution in [3.05, 3.63) is 47.5 Å². The van der Waals surface area contributed by atoms with Gasteiger partial charge in [-0.15, -0.1) is 0 Å². The molecule has 3 aromatic rings. The smallest absolute Gasteiger partial charge is 0.176 e. The van der Waals surface area contributed by atoms with Crippen LogP contribution < -0.4 is 4.74 Å². The number of benzene rings is 2. The van der Waals surface area contributed by atoms with Crippen molar-refractivity contribution in [2.75, 3.05) is 7.11 Å². The normalized spacial score (nSPS) is 10.8. The number of ether oxygens (including phenoxy) is 1. The van der Waals surface area contributed by atoms with Crippen LogP contribution in [0.25, 0.3) is 22.4 Å². The van der Waals surface area contributed by atoms with Crippen LogP contribution in [0.3, 0.4) is 0 Å². The van der Waals surface area contributed by atoms with E-state index in [2.05, 4.69) is 4.98 Å². The summed E-state index contributed by atoms with van der Waals surface area (Å²) in [5, 5.41) is 10.7. The third-order valence-corrected chi connectivity index (χ3v) is 3.18. The molecule has 4 nitrogen and oxygen atoms in total. The van der Waals surface area contributed by atoms with E-state index in [1.807, 2.05) is 24.3 Å². The Labute approximate surface area is 114 Å². The van der Waals surface area contributed by atoms with E-state index >= 15 is 0 Å². The molecule has 0 aliphatic heterocycles. The molecule has 0 radical (unpaired) electrons. The maximum absolute atomic E-state index is 10.2. The van der Waals surface area contributed by atoms with Gasteiger partial charge in [-0.05, 0) is 42.5 Å². The Morgan fingerprint density at radius 2 is 1.89 bits per heavy atom. The van der Waals surface area contributed by atoms with Crippen LogP contribution in [0, 0.1) is 0 Å². The SMILES string of the molecule is COc1ccc(-c2nc3ccc(Cl)cc3n2O)cc1. The van der Waals surface area contributed by atoms with Crippen molar-refractivity contribution in [2.24, 2.45) is 0 Å². The van der Waals surface area contributed by atoms with E-state index in [0.717, 1.165) is 16.0 Å². The standard InChI is InChI=1S/C14H11ClN2O2/c1-19-11-5-2-9(3-6-11)14-16-12-7-4-10(15)8-13(12)17(14)18/h2-8,18H,1H3. The van der Waals surface area contributed by atoms with Gasteiger partial charge in [-0.2, -0.15) is 4.73 Å². The summed E-state index contributed by atoms with van der Waals surface area (Å²) in [6.45, 7) is 0.